The summed E-state index contributed by atoms with van der Waals surface area (Å²) in [6, 6.07) is 0. The van der Waals surface area contributed by atoms with E-state index in [9.17, 15) is 17.6 Å². The number of hydrogen-bond donors (Lipinski definition) is 0. The van der Waals surface area contributed by atoms with Crippen LogP contribution in [0.25, 0.3) is 0 Å². The maximum Gasteiger partial charge on any atom is 0.451 e. The molecule has 1 aromatic rings. The first-order valence-corrected chi connectivity index (χ1v) is 2.55. The van der Waals surface area contributed by atoms with E-state index in [-0.39, 0.29) is 0 Å². The van der Waals surface area contributed by atoms with E-state index in [0.29, 0.717) is 4.68 Å². The highest BCUT2D eigenvalue weighted by molar-refractivity contribution is 4.89. The number of alkyl halides is 3. The quantitative estimate of drug-likeness (QED) is 0.542. The van der Waals surface area contributed by atoms with Gasteiger partial charge in [0.25, 0.3) is 0 Å². The topological polar surface area (TPSA) is 30.7 Å². The summed E-state index contributed by atoms with van der Waals surface area (Å²) in [6.45, 7) is 0. The lowest BCUT2D eigenvalue weighted by Crippen LogP contribution is -2.13. The minimum absolute atomic E-state index is 0.343. The van der Waals surface area contributed by atoms with Gasteiger partial charge in [0.05, 0.1) is 0 Å². The van der Waals surface area contributed by atoms with Crippen molar-refractivity contribution in [3.63, 3.8) is 0 Å². The second kappa shape index (κ2) is 2.18. The van der Waals surface area contributed by atoms with Crippen LogP contribution in [0.15, 0.2) is 0 Å². The molecule has 0 saturated carbocycles. The molecule has 1 rings (SSSR count). The minimum atomic E-state index is -4.65. The Morgan fingerprint density at radius 3 is 2.09 bits per heavy atom. The number of aryl methyl sites for hydroxylation is 1. The Bertz CT molecular complexity index is 263. The monoisotopic (exact) mass is 169 g/mol. The maximum absolute atomic E-state index is 12.0. The Labute approximate surface area is 58.7 Å². The fourth-order valence-electron chi connectivity index (χ4n) is 0.600. The maximum atomic E-state index is 12.0. The summed E-state index contributed by atoms with van der Waals surface area (Å²) in [5.41, 5.74) is 0. The van der Waals surface area contributed by atoms with Crippen molar-refractivity contribution in [2.45, 2.75) is 6.18 Å². The van der Waals surface area contributed by atoms with Gasteiger partial charge in [-0.25, -0.2) is 4.68 Å². The van der Waals surface area contributed by atoms with Crippen LogP contribution in [0.2, 0.25) is 0 Å². The summed E-state index contributed by atoms with van der Waals surface area (Å²) in [5.74, 6) is -1.34. The van der Waals surface area contributed by atoms with Crippen molar-refractivity contribution in [2.24, 2.45) is 7.05 Å². The SMILES string of the molecule is Cn1nc(F)nc1C(F)(F)F. The molecule has 0 radical (unpaired) electrons. The number of hydrogen-bond acceptors (Lipinski definition) is 2. The molecule has 1 aromatic heterocycles. The summed E-state index contributed by atoms with van der Waals surface area (Å²) in [4.78, 5) is 2.54. The first kappa shape index (κ1) is 7.96. The Balaban J connectivity index is 3.13. The van der Waals surface area contributed by atoms with Gasteiger partial charge < -0.3 is 0 Å². The van der Waals surface area contributed by atoms with E-state index in [4.69, 9.17) is 0 Å². The van der Waals surface area contributed by atoms with Crippen LogP contribution in [-0.4, -0.2) is 14.8 Å². The highest BCUT2D eigenvalue weighted by atomic mass is 19.4. The molecule has 0 spiro atoms. The van der Waals surface area contributed by atoms with Gasteiger partial charge in [0.2, 0.25) is 5.82 Å². The number of aromatic nitrogens is 3. The molecule has 0 aliphatic heterocycles. The molecule has 0 aromatic carbocycles. The van der Waals surface area contributed by atoms with Crippen molar-refractivity contribution in [3.8, 4) is 0 Å². The molecule has 0 fully saturated rings. The summed E-state index contributed by atoms with van der Waals surface area (Å²) in [6.07, 6.45) is -6.02. The van der Waals surface area contributed by atoms with Crippen LogP contribution in [0.1, 0.15) is 5.82 Å². The lowest BCUT2D eigenvalue weighted by Gasteiger charge is -2.02. The molecule has 7 heteroatoms. The predicted octanol–water partition coefficient (Wildman–Crippen LogP) is 0.973. The fraction of sp³-hybridized carbons (Fsp3) is 0.500. The van der Waals surface area contributed by atoms with Crippen molar-refractivity contribution in [1.82, 2.24) is 14.8 Å². The summed E-state index contributed by atoms with van der Waals surface area (Å²) in [5, 5.41) is 2.80. The van der Waals surface area contributed by atoms with Crippen molar-refractivity contribution >= 4 is 0 Å². The largest absolute Gasteiger partial charge is 0.451 e. The van der Waals surface area contributed by atoms with E-state index in [1.807, 2.05) is 0 Å². The highest BCUT2D eigenvalue weighted by Crippen LogP contribution is 2.26. The zero-order chi connectivity index (χ0) is 8.65. The standard InChI is InChI=1S/C4H3F4N3/c1-11-2(4(6,7)8)9-3(5)10-11/h1H3. The lowest BCUT2D eigenvalue weighted by molar-refractivity contribution is -0.147. The molecule has 3 nitrogen and oxygen atoms in total. The Kier molecular flexibility index (Phi) is 1.57. The summed E-state index contributed by atoms with van der Waals surface area (Å²) in [7, 11) is 0.971. The van der Waals surface area contributed by atoms with Crippen LogP contribution < -0.4 is 0 Å². The molecule has 0 aliphatic carbocycles. The van der Waals surface area contributed by atoms with Crippen molar-refractivity contribution < 1.29 is 17.6 Å². The fourth-order valence-corrected chi connectivity index (χ4v) is 0.600. The van der Waals surface area contributed by atoms with Crippen molar-refractivity contribution in [1.29, 1.82) is 0 Å². The second-order valence-corrected chi connectivity index (χ2v) is 1.83. The van der Waals surface area contributed by atoms with Gasteiger partial charge in [0.1, 0.15) is 0 Å². The van der Waals surface area contributed by atoms with Gasteiger partial charge in [-0.15, -0.1) is 5.10 Å². The van der Waals surface area contributed by atoms with E-state index in [2.05, 4.69) is 10.1 Å². The average Bonchev–Trinajstić information content (AvgIpc) is 2.08. The van der Waals surface area contributed by atoms with Gasteiger partial charge in [-0.1, -0.05) is 0 Å². The van der Waals surface area contributed by atoms with Crippen molar-refractivity contribution in [2.75, 3.05) is 0 Å². The predicted molar refractivity (Wildman–Crippen MR) is 26.0 cm³/mol. The molecule has 62 valence electrons. The average molecular weight is 169 g/mol. The van der Waals surface area contributed by atoms with Gasteiger partial charge >= 0.3 is 12.3 Å². The molecule has 1 heterocycles. The van der Waals surface area contributed by atoms with Crippen LogP contribution in [0.4, 0.5) is 17.6 Å². The molecule has 0 bridgehead atoms. The first-order valence-electron chi connectivity index (χ1n) is 2.55. The third-order valence-corrected chi connectivity index (χ3v) is 0.991. The zero-order valence-electron chi connectivity index (χ0n) is 5.35. The molecule has 0 aliphatic rings. The summed E-state index contributed by atoms with van der Waals surface area (Å²) >= 11 is 0. The second-order valence-electron chi connectivity index (χ2n) is 1.83. The van der Waals surface area contributed by atoms with Crippen LogP contribution in [0.3, 0.4) is 0 Å². The molecular weight excluding hydrogens is 166 g/mol. The normalized spacial score (nSPS) is 12.1. The van der Waals surface area contributed by atoms with Gasteiger partial charge in [-0.05, 0) is 0 Å². The van der Waals surface area contributed by atoms with Gasteiger partial charge in [0, 0.05) is 7.05 Å². The number of rotatable bonds is 0. The Morgan fingerprint density at radius 2 is 1.91 bits per heavy atom. The smallest absolute Gasteiger partial charge is 0.242 e. The molecule has 11 heavy (non-hydrogen) atoms. The van der Waals surface area contributed by atoms with E-state index in [1.165, 1.54) is 0 Å². The van der Waals surface area contributed by atoms with Gasteiger partial charge in [0.15, 0.2) is 0 Å². The lowest BCUT2D eigenvalue weighted by atomic mass is 10.6. The zero-order valence-corrected chi connectivity index (χ0v) is 5.35. The van der Waals surface area contributed by atoms with Crippen LogP contribution >= 0.6 is 0 Å². The Hall–Kier alpha value is -1.14. The Morgan fingerprint density at radius 1 is 1.36 bits per heavy atom. The van der Waals surface area contributed by atoms with E-state index in [0.717, 1.165) is 7.05 Å². The first-order chi connectivity index (χ1) is 4.91. The van der Waals surface area contributed by atoms with Crippen LogP contribution in [0, 0.1) is 6.08 Å². The molecule has 0 amide bonds. The number of nitrogens with zero attached hydrogens (tertiary/aromatic N) is 3. The van der Waals surface area contributed by atoms with Gasteiger partial charge in [-0.2, -0.15) is 22.5 Å². The van der Waals surface area contributed by atoms with Crippen molar-refractivity contribution in [3.05, 3.63) is 11.9 Å². The van der Waals surface area contributed by atoms with E-state index >= 15 is 0 Å². The van der Waals surface area contributed by atoms with Gasteiger partial charge in [-0.3, -0.25) is 0 Å². The third-order valence-electron chi connectivity index (χ3n) is 0.991. The van der Waals surface area contributed by atoms with Crippen LogP contribution in [0.5, 0.6) is 0 Å². The highest BCUT2D eigenvalue weighted by Gasteiger charge is 2.37. The third kappa shape index (κ3) is 1.47. The molecule has 0 N–H and O–H groups in total. The minimum Gasteiger partial charge on any atom is -0.242 e. The molecule has 0 unspecified atom stereocenters. The molecular formula is C4H3F4N3. The number of halogens is 4. The molecule has 0 atom stereocenters. The summed E-state index contributed by atoms with van der Waals surface area (Å²) < 4.78 is 47.6. The van der Waals surface area contributed by atoms with E-state index < -0.39 is 18.1 Å². The molecule has 0 saturated heterocycles. The van der Waals surface area contributed by atoms with Crippen LogP contribution in [-0.2, 0) is 13.2 Å². The van der Waals surface area contributed by atoms with E-state index in [1.54, 1.807) is 0 Å².